The largest absolute Gasteiger partial charge is 0.333 e. The standard InChI is InChI=1S/C69H51N3/c1-69(2)61-24-10-3-19-55(61)56-44-37-49(45-62(56)69)46-31-38-50(39-32-46)70(51-40-33-47(34-41-51)53-17-4-11-25-63(53)71-65-27-13-6-20-57(65)58-21-7-14-28-66(58)71)52-42-35-48(36-43-52)54-18-5-12-26-64(54)72-67-29-15-8-22-59(67)60-23-9-16-30-68(60)72/h3-45,57,65H,1-2H3. The molecular formula is C69H51N3. The first kappa shape index (κ1) is 42.0. The van der Waals surface area contributed by atoms with E-state index in [1.165, 1.54) is 88.8 Å². The average Bonchev–Trinajstić information content (AvgIpc) is 4.04. The second-order valence-electron chi connectivity index (χ2n) is 20.0. The molecule has 1 aromatic heterocycles. The number of nitrogens with zero attached hydrogens (tertiary/aromatic N) is 3. The van der Waals surface area contributed by atoms with Crippen LogP contribution in [-0.2, 0) is 5.41 Å². The van der Waals surface area contributed by atoms with Crippen LogP contribution in [0.1, 0.15) is 36.5 Å². The van der Waals surface area contributed by atoms with E-state index >= 15 is 0 Å². The van der Waals surface area contributed by atoms with E-state index in [1.54, 1.807) is 0 Å². The van der Waals surface area contributed by atoms with E-state index in [2.05, 4.69) is 289 Å². The number of hydrogen-bond acceptors (Lipinski definition) is 2. The SMILES string of the molecule is CC1(C)c2ccccc2-c2ccc(-c3ccc(N(c4ccc(-c5ccccc5N5c6ccccc6C6C=CC=CC65)cc4)c4ccc(-c5ccccc5-n5c6ccccc6c6ccccc65)cc4)cc3)cc21. The zero-order valence-corrected chi connectivity index (χ0v) is 40.3. The number of para-hydroxylation sites is 5. The van der Waals surface area contributed by atoms with Gasteiger partial charge in [-0.2, -0.15) is 0 Å². The Kier molecular flexibility index (Phi) is 9.69. The van der Waals surface area contributed by atoms with Gasteiger partial charge in [0.1, 0.15) is 0 Å². The number of hydrogen-bond donors (Lipinski definition) is 0. The average molecular weight is 922 g/mol. The van der Waals surface area contributed by atoms with Gasteiger partial charge >= 0.3 is 0 Å². The molecule has 0 amide bonds. The lowest BCUT2D eigenvalue weighted by Gasteiger charge is -2.30. The summed E-state index contributed by atoms with van der Waals surface area (Å²) in [5, 5.41) is 2.52. The Hall–Kier alpha value is -8.92. The van der Waals surface area contributed by atoms with E-state index in [4.69, 9.17) is 0 Å². The Labute approximate surface area is 421 Å². The third kappa shape index (κ3) is 6.58. The molecule has 0 spiro atoms. The molecule has 3 nitrogen and oxygen atoms in total. The summed E-state index contributed by atoms with van der Waals surface area (Å²) in [5.41, 5.74) is 23.3. The normalized spacial score (nSPS) is 15.9. The number of allylic oxidation sites excluding steroid dienone is 2. The minimum absolute atomic E-state index is 0.0624. The highest BCUT2D eigenvalue weighted by atomic mass is 15.2. The second-order valence-corrected chi connectivity index (χ2v) is 20.0. The predicted octanol–water partition coefficient (Wildman–Crippen LogP) is 18.3. The van der Waals surface area contributed by atoms with Gasteiger partial charge in [0.05, 0.1) is 22.8 Å². The molecule has 2 heterocycles. The number of benzene rings is 10. The van der Waals surface area contributed by atoms with Crippen LogP contribution in [0.2, 0.25) is 0 Å². The van der Waals surface area contributed by atoms with Crippen LogP contribution in [0.5, 0.6) is 0 Å². The van der Waals surface area contributed by atoms with E-state index in [-0.39, 0.29) is 11.5 Å². The topological polar surface area (TPSA) is 11.4 Å². The Morgan fingerprint density at radius 1 is 0.375 bits per heavy atom. The van der Waals surface area contributed by atoms with Crippen LogP contribution in [0, 0.1) is 0 Å². The van der Waals surface area contributed by atoms with Gasteiger partial charge in [0, 0.05) is 61.7 Å². The Balaban J connectivity index is 0.852. The van der Waals surface area contributed by atoms with Gasteiger partial charge in [-0.1, -0.05) is 202 Å². The summed E-state index contributed by atoms with van der Waals surface area (Å²) in [6.07, 6.45) is 9.09. The van der Waals surface area contributed by atoms with E-state index in [0.29, 0.717) is 5.92 Å². The van der Waals surface area contributed by atoms with Gasteiger partial charge in [0.25, 0.3) is 0 Å². The van der Waals surface area contributed by atoms with Crippen molar-refractivity contribution in [1.29, 1.82) is 0 Å². The molecule has 2 unspecified atom stereocenters. The summed E-state index contributed by atoms with van der Waals surface area (Å²) in [5.74, 6) is 0.321. The van der Waals surface area contributed by atoms with Gasteiger partial charge in [-0.15, -0.1) is 0 Å². The molecule has 11 aromatic rings. The molecule has 0 saturated carbocycles. The van der Waals surface area contributed by atoms with E-state index in [1.807, 2.05) is 0 Å². The van der Waals surface area contributed by atoms with Crippen LogP contribution in [0.15, 0.2) is 261 Å². The lowest BCUT2D eigenvalue weighted by atomic mass is 9.81. The number of fused-ring (bicyclic) bond motifs is 9. The molecule has 14 rings (SSSR count). The van der Waals surface area contributed by atoms with Crippen molar-refractivity contribution in [1.82, 2.24) is 4.57 Å². The molecule has 2 atom stereocenters. The molecule has 0 N–H and O–H groups in total. The van der Waals surface area contributed by atoms with Gasteiger partial charge in [0.2, 0.25) is 0 Å². The highest BCUT2D eigenvalue weighted by Gasteiger charge is 2.38. The first-order valence-electron chi connectivity index (χ1n) is 25.3. The van der Waals surface area contributed by atoms with Crippen LogP contribution in [-0.4, -0.2) is 10.6 Å². The van der Waals surface area contributed by atoms with Gasteiger partial charge in [-0.3, -0.25) is 0 Å². The molecule has 3 aliphatic rings. The summed E-state index contributed by atoms with van der Waals surface area (Å²) in [6, 6.07) is 87.6. The summed E-state index contributed by atoms with van der Waals surface area (Å²) in [6.45, 7) is 4.71. The van der Waals surface area contributed by atoms with Crippen molar-refractivity contribution in [3.05, 3.63) is 278 Å². The highest BCUT2D eigenvalue weighted by Crippen LogP contribution is 2.52. The molecule has 342 valence electrons. The summed E-state index contributed by atoms with van der Waals surface area (Å²) < 4.78 is 2.42. The van der Waals surface area contributed by atoms with Gasteiger partial charge in [-0.25, -0.2) is 0 Å². The van der Waals surface area contributed by atoms with E-state index < -0.39 is 0 Å². The highest BCUT2D eigenvalue weighted by molar-refractivity contribution is 6.09. The molecule has 1 aliphatic heterocycles. The fraction of sp³-hybridized carbons (Fsp3) is 0.0725. The lowest BCUT2D eigenvalue weighted by molar-refractivity contribution is 0.660. The van der Waals surface area contributed by atoms with Crippen LogP contribution in [0.25, 0.3) is 72.0 Å². The molecular weight excluding hydrogens is 871 g/mol. The second kappa shape index (κ2) is 16.6. The fourth-order valence-corrected chi connectivity index (χ4v) is 12.3. The van der Waals surface area contributed by atoms with Gasteiger partial charge in [0.15, 0.2) is 0 Å². The maximum absolute atomic E-state index is 2.54. The zero-order valence-electron chi connectivity index (χ0n) is 40.3. The van der Waals surface area contributed by atoms with E-state index in [9.17, 15) is 0 Å². The smallest absolute Gasteiger partial charge is 0.0629 e. The maximum atomic E-state index is 2.54. The zero-order chi connectivity index (χ0) is 47.9. The number of aromatic nitrogens is 1. The molecule has 0 radical (unpaired) electrons. The Bertz CT molecular complexity index is 3910. The third-order valence-electron chi connectivity index (χ3n) is 15.8. The number of rotatable bonds is 8. The molecule has 0 bridgehead atoms. The van der Waals surface area contributed by atoms with Crippen molar-refractivity contribution < 1.29 is 0 Å². The van der Waals surface area contributed by atoms with Crippen molar-refractivity contribution in [2.24, 2.45) is 0 Å². The van der Waals surface area contributed by atoms with Crippen molar-refractivity contribution >= 4 is 50.2 Å². The minimum Gasteiger partial charge on any atom is -0.333 e. The first-order valence-corrected chi connectivity index (χ1v) is 25.3. The van der Waals surface area contributed by atoms with Crippen molar-refractivity contribution in [2.75, 3.05) is 9.80 Å². The number of anilines is 5. The van der Waals surface area contributed by atoms with Crippen molar-refractivity contribution in [3.63, 3.8) is 0 Å². The quantitative estimate of drug-likeness (QED) is 0.150. The first-order chi connectivity index (χ1) is 35.5. The Morgan fingerprint density at radius 2 is 0.847 bits per heavy atom. The molecule has 10 aromatic carbocycles. The van der Waals surface area contributed by atoms with Gasteiger partial charge < -0.3 is 14.4 Å². The molecule has 72 heavy (non-hydrogen) atoms. The van der Waals surface area contributed by atoms with Crippen molar-refractivity contribution in [3.8, 4) is 50.2 Å². The van der Waals surface area contributed by atoms with Gasteiger partial charge in [-0.05, 0) is 123 Å². The molecule has 2 aliphatic carbocycles. The fourth-order valence-electron chi connectivity index (χ4n) is 12.3. The molecule has 3 heteroatoms. The van der Waals surface area contributed by atoms with Crippen molar-refractivity contribution in [2.45, 2.75) is 31.2 Å². The van der Waals surface area contributed by atoms with Crippen LogP contribution in [0.3, 0.4) is 0 Å². The minimum atomic E-state index is -0.0624. The third-order valence-corrected chi connectivity index (χ3v) is 15.8. The molecule has 0 saturated heterocycles. The maximum Gasteiger partial charge on any atom is 0.0629 e. The summed E-state index contributed by atoms with van der Waals surface area (Å²) >= 11 is 0. The van der Waals surface area contributed by atoms with Crippen LogP contribution >= 0.6 is 0 Å². The Morgan fingerprint density at radius 3 is 1.50 bits per heavy atom. The summed E-state index contributed by atoms with van der Waals surface area (Å²) in [7, 11) is 0. The monoisotopic (exact) mass is 921 g/mol. The van der Waals surface area contributed by atoms with E-state index in [0.717, 1.165) is 28.3 Å². The molecule has 0 fully saturated rings. The van der Waals surface area contributed by atoms with Crippen LogP contribution in [0.4, 0.5) is 28.4 Å². The summed E-state index contributed by atoms with van der Waals surface area (Å²) in [4.78, 5) is 4.93. The predicted molar refractivity (Wildman–Crippen MR) is 303 cm³/mol. The lowest BCUT2D eigenvalue weighted by Crippen LogP contribution is -2.28. The van der Waals surface area contributed by atoms with Crippen LogP contribution < -0.4 is 9.80 Å².